The molecule has 0 aliphatic heterocycles. The molecule has 76 heavy (non-hydrogen) atoms. The normalized spacial score (nSPS) is 12.1. The van der Waals surface area contributed by atoms with E-state index in [1.165, 1.54) is 22.3 Å². The van der Waals surface area contributed by atoms with Gasteiger partial charge in [0.25, 0.3) is 0 Å². The molecule has 4 heteroatoms. The first-order chi connectivity index (χ1) is 37.6. The highest BCUT2D eigenvalue weighted by Gasteiger charge is 2.47. The Morgan fingerprint density at radius 3 is 1.38 bits per heavy atom. The van der Waals surface area contributed by atoms with Crippen LogP contribution in [0.4, 0.5) is 38.5 Å². The Kier molecular flexibility index (Phi) is 11.7. The summed E-state index contributed by atoms with van der Waals surface area (Å²) in [5.41, 5.74) is 17.7. The molecule has 0 amide bonds. The third-order valence-corrected chi connectivity index (χ3v) is 15.0. The summed E-state index contributed by atoms with van der Waals surface area (Å²) < 4.78 is 17.4. The van der Waals surface area contributed by atoms with Crippen LogP contribution in [-0.2, 0) is 5.41 Å². The van der Waals surface area contributed by atoms with Crippen LogP contribution in [0.15, 0.2) is 291 Å². The zero-order valence-corrected chi connectivity index (χ0v) is 41.4. The maximum absolute atomic E-state index is 17.4. The van der Waals surface area contributed by atoms with Crippen molar-refractivity contribution in [3.05, 3.63) is 325 Å². The zero-order chi connectivity index (χ0) is 51.0. The fraction of sp³-hybridized carbons (Fsp3) is 0.0139. The fourth-order valence-corrected chi connectivity index (χ4v) is 11.7. The Morgan fingerprint density at radius 1 is 0.329 bits per heavy atom. The highest BCUT2D eigenvalue weighted by molar-refractivity contribution is 6.10. The molecule has 0 saturated carbocycles. The Labute approximate surface area is 442 Å². The van der Waals surface area contributed by atoms with Gasteiger partial charge in [0.15, 0.2) is 0 Å². The van der Waals surface area contributed by atoms with Crippen LogP contribution in [0.1, 0.15) is 27.8 Å². The molecule has 1 aliphatic carbocycles. The maximum atomic E-state index is 17.4. The van der Waals surface area contributed by atoms with E-state index >= 15 is 4.39 Å². The quantitative estimate of drug-likeness (QED) is 0.129. The first-order valence-electron chi connectivity index (χ1n) is 25.7. The van der Waals surface area contributed by atoms with Crippen molar-refractivity contribution in [2.45, 2.75) is 5.41 Å². The average Bonchev–Trinajstić information content (AvgIpc) is 3.97. The topological polar surface area (TPSA) is 30.3 Å². The van der Waals surface area contributed by atoms with Crippen molar-refractivity contribution in [3.8, 4) is 50.6 Å². The maximum Gasteiger partial charge on any atom is 0.148 e. The molecule has 358 valence electrons. The summed E-state index contributed by atoms with van der Waals surface area (Å²) in [7, 11) is 0. The Morgan fingerprint density at radius 2 is 0.789 bits per heavy atom. The molecule has 1 aliphatic rings. The summed E-state index contributed by atoms with van der Waals surface area (Å²) in [5.74, 6) is -0.317. The van der Waals surface area contributed by atoms with Crippen LogP contribution in [0.2, 0.25) is 0 Å². The van der Waals surface area contributed by atoms with Gasteiger partial charge in [-0.05, 0) is 163 Å². The van der Waals surface area contributed by atoms with Gasteiger partial charge in [-0.2, -0.15) is 5.26 Å². The molecular formula is C72H48FN3. The van der Waals surface area contributed by atoms with Crippen molar-refractivity contribution in [1.29, 1.82) is 5.26 Å². The van der Waals surface area contributed by atoms with Gasteiger partial charge in [-0.25, -0.2) is 4.39 Å². The second-order valence-corrected chi connectivity index (χ2v) is 19.2. The highest BCUT2D eigenvalue weighted by atomic mass is 19.1. The van der Waals surface area contributed by atoms with Gasteiger partial charge in [-0.3, -0.25) is 0 Å². The molecular weight excluding hydrogens is 926 g/mol. The Bertz CT molecular complexity index is 4050. The summed E-state index contributed by atoms with van der Waals surface area (Å²) in [6, 6.07) is 103. The minimum atomic E-state index is -0.740. The molecule has 0 aromatic heterocycles. The monoisotopic (exact) mass is 973 g/mol. The number of anilines is 6. The van der Waals surface area contributed by atoms with Crippen molar-refractivity contribution >= 4 is 44.9 Å². The van der Waals surface area contributed by atoms with Gasteiger partial charge in [0.2, 0.25) is 0 Å². The Balaban J connectivity index is 1.02. The van der Waals surface area contributed by atoms with E-state index in [-0.39, 0.29) is 5.82 Å². The van der Waals surface area contributed by atoms with Gasteiger partial charge < -0.3 is 9.80 Å². The Hall–Kier alpha value is -10.1. The van der Waals surface area contributed by atoms with Crippen LogP contribution < -0.4 is 9.80 Å². The lowest BCUT2D eigenvalue weighted by atomic mass is 9.67. The molecule has 13 rings (SSSR count). The van der Waals surface area contributed by atoms with E-state index in [1.54, 1.807) is 6.07 Å². The lowest BCUT2D eigenvalue weighted by Gasteiger charge is -2.35. The van der Waals surface area contributed by atoms with E-state index in [0.29, 0.717) is 11.3 Å². The van der Waals surface area contributed by atoms with Crippen LogP contribution in [0.25, 0.3) is 55.3 Å². The number of benzene rings is 12. The van der Waals surface area contributed by atoms with E-state index in [2.05, 4.69) is 192 Å². The third-order valence-electron chi connectivity index (χ3n) is 15.0. The van der Waals surface area contributed by atoms with Crippen molar-refractivity contribution in [2.75, 3.05) is 9.80 Å². The summed E-state index contributed by atoms with van der Waals surface area (Å²) in [6.45, 7) is 0. The smallest absolute Gasteiger partial charge is 0.148 e. The summed E-state index contributed by atoms with van der Waals surface area (Å²) in [6.07, 6.45) is 0. The zero-order valence-electron chi connectivity index (χ0n) is 41.4. The largest absolute Gasteiger partial charge is 0.310 e. The predicted octanol–water partition coefficient (Wildman–Crippen LogP) is 19.2. The molecule has 0 heterocycles. The number of nitriles is 1. The fourth-order valence-electron chi connectivity index (χ4n) is 11.7. The number of nitrogens with zero attached hydrogens (tertiary/aromatic N) is 3. The van der Waals surface area contributed by atoms with Crippen molar-refractivity contribution in [3.63, 3.8) is 0 Å². The molecule has 3 nitrogen and oxygen atoms in total. The average molecular weight is 974 g/mol. The molecule has 0 unspecified atom stereocenters. The van der Waals surface area contributed by atoms with Crippen molar-refractivity contribution in [1.82, 2.24) is 0 Å². The number of rotatable bonds is 11. The SMILES string of the molecule is N#Cc1ccc(N(c2ccccc2)c2ccc3c(c2)C(c2ccccc2)(c2ccccc2)c2cc(-c4ccc(N(c5ccccc5)c5c(F)cc(-c6ccccc6)cc5-c5ccccc5)cc4)c4ccccc4c2-3)cc1. The van der Waals surface area contributed by atoms with Gasteiger partial charge in [0, 0.05) is 34.0 Å². The van der Waals surface area contributed by atoms with Gasteiger partial charge in [-0.15, -0.1) is 0 Å². The highest BCUT2D eigenvalue weighted by Crippen LogP contribution is 2.60. The first-order valence-corrected chi connectivity index (χ1v) is 25.7. The van der Waals surface area contributed by atoms with Crippen LogP contribution in [-0.4, -0.2) is 0 Å². The molecule has 0 fully saturated rings. The first kappa shape index (κ1) is 45.8. The summed E-state index contributed by atoms with van der Waals surface area (Å²) in [4.78, 5) is 4.33. The van der Waals surface area contributed by atoms with Crippen molar-refractivity contribution < 1.29 is 4.39 Å². The van der Waals surface area contributed by atoms with E-state index in [4.69, 9.17) is 0 Å². The van der Waals surface area contributed by atoms with Crippen molar-refractivity contribution in [2.24, 2.45) is 0 Å². The van der Waals surface area contributed by atoms with Crippen LogP contribution in [0.5, 0.6) is 0 Å². The molecule has 12 aromatic rings. The lowest BCUT2D eigenvalue weighted by Crippen LogP contribution is -2.29. The molecule has 0 radical (unpaired) electrons. The minimum absolute atomic E-state index is 0.317. The molecule has 12 aromatic carbocycles. The molecule has 0 atom stereocenters. The predicted molar refractivity (Wildman–Crippen MR) is 312 cm³/mol. The van der Waals surface area contributed by atoms with Crippen LogP contribution in [0.3, 0.4) is 0 Å². The van der Waals surface area contributed by atoms with Gasteiger partial charge >= 0.3 is 0 Å². The molecule has 0 spiro atoms. The van der Waals surface area contributed by atoms with Gasteiger partial charge in [-0.1, -0.05) is 200 Å². The van der Waals surface area contributed by atoms with Crippen LogP contribution >= 0.6 is 0 Å². The number of hydrogen-bond donors (Lipinski definition) is 0. The van der Waals surface area contributed by atoms with E-state index < -0.39 is 5.41 Å². The van der Waals surface area contributed by atoms with Gasteiger partial charge in [0.1, 0.15) is 5.82 Å². The standard InChI is InChI=1S/C72H48FN3/c73-69-46-54(51-21-7-1-8-22-51)45-66(52-23-9-2-10-24-52)71(69)76(58-31-17-6-18-32-58)60-41-37-53(38-42-60)65-48-68-70(63-34-20-19-33-62(63)65)64-44-43-61(75(57-29-15-5-16-30-57)59-39-35-50(49-74)36-40-59)47-67(64)72(68,55-25-11-3-12-26-55)56-27-13-4-14-28-56/h1-48H. The van der Waals surface area contributed by atoms with E-state index in [9.17, 15) is 5.26 Å². The van der Waals surface area contributed by atoms with Crippen LogP contribution in [0, 0.1) is 17.1 Å². The van der Waals surface area contributed by atoms with Gasteiger partial charge in [0.05, 0.1) is 22.7 Å². The van der Waals surface area contributed by atoms with E-state index in [1.807, 2.05) is 109 Å². The van der Waals surface area contributed by atoms with E-state index in [0.717, 1.165) is 83.7 Å². The number of fused-ring (bicyclic) bond motifs is 5. The second-order valence-electron chi connectivity index (χ2n) is 19.2. The number of para-hydroxylation sites is 2. The third kappa shape index (κ3) is 7.82. The molecule has 0 N–H and O–H groups in total. The lowest BCUT2D eigenvalue weighted by molar-refractivity contribution is 0.630. The molecule has 0 saturated heterocycles. The second kappa shape index (κ2) is 19.4. The molecule has 0 bridgehead atoms. The number of halogens is 1. The number of hydrogen-bond acceptors (Lipinski definition) is 3. The summed E-state index contributed by atoms with van der Waals surface area (Å²) >= 11 is 0. The summed E-state index contributed by atoms with van der Waals surface area (Å²) in [5, 5.41) is 12.1. The minimum Gasteiger partial charge on any atom is -0.310 e.